The van der Waals surface area contributed by atoms with Crippen molar-refractivity contribution in [1.82, 2.24) is 10.6 Å². The first kappa shape index (κ1) is 22.6. The molecule has 5 nitrogen and oxygen atoms in total. The van der Waals surface area contributed by atoms with Crippen LogP contribution in [0.15, 0.2) is 24.3 Å². The number of nitrogens with one attached hydrogen (secondary N) is 2. The molecular weight excluding hydrogens is 388 g/mol. The topological polar surface area (TPSA) is 70.6 Å². The van der Waals surface area contributed by atoms with Gasteiger partial charge >= 0.3 is 0 Å². The Kier molecular flexibility index (Phi) is 6.12. The van der Waals surface area contributed by atoms with Gasteiger partial charge in [-0.1, -0.05) is 32.0 Å². The summed E-state index contributed by atoms with van der Waals surface area (Å²) in [6, 6.07) is 8.91. The van der Waals surface area contributed by atoms with Crippen LogP contribution in [0.2, 0.25) is 0 Å². The van der Waals surface area contributed by atoms with E-state index in [1.807, 2.05) is 19.1 Å². The molecule has 4 rings (SSSR count). The molecule has 172 valence electrons. The van der Waals surface area contributed by atoms with Crippen LogP contribution in [-0.4, -0.2) is 35.8 Å². The van der Waals surface area contributed by atoms with Crippen LogP contribution in [0.3, 0.4) is 0 Å². The fourth-order valence-electron chi connectivity index (χ4n) is 6.47. The van der Waals surface area contributed by atoms with Crippen LogP contribution in [0.1, 0.15) is 77.7 Å². The van der Waals surface area contributed by atoms with Crippen molar-refractivity contribution >= 4 is 5.91 Å². The number of carbonyl (C=O) groups is 1. The zero-order valence-electron chi connectivity index (χ0n) is 19.7. The maximum atomic E-state index is 12.6. The highest BCUT2D eigenvalue weighted by atomic mass is 16.5. The summed E-state index contributed by atoms with van der Waals surface area (Å²) < 4.78 is 5.56. The van der Waals surface area contributed by atoms with Gasteiger partial charge in [0.25, 0.3) is 0 Å². The second-order valence-electron chi connectivity index (χ2n) is 11.3. The zero-order valence-corrected chi connectivity index (χ0v) is 19.7. The summed E-state index contributed by atoms with van der Waals surface area (Å²) in [5.41, 5.74) is 0.708. The predicted molar refractivity (Wildman–Crippen MR) is 123 cm³/mol. The summed E-state index contributed by atoms with van der Waals surface area (Å²) in [6.45, 7) is 7.44. The van der Waals surface area contributed by atoms with E-state index in [2.05, 4.69) is 36.6 Å². The fraction of sp³-hybridized carbons (Fsp3) is 0.731. The summed E-state index contributed by atoms with van der Waals surface area (Å²) in [5.74, 6) is 1.50. The Morgan fingerprint density at radius 1 is 1.16 bits per heavy atom. The Balaban J connectivity index is 1.55. The fourth-order valence-corrected chi connectivity index (χ4v) is 6.47. The van der Waals surface area contributed by atoms with E-state index in [0.717, 1.165) is 62.8 Å². The molecule has 0 aliphatic heterocycles. The molecule has 0 spiro atoms. The Bertz CT molecular complexity index is 802. The lowest BCUT2D eigenvalue weighted by atomic mass is 9.57. The monoisotopic (exact) mass is 428 g/mol. The third-order valence-corrected chi connectivity index (χ3v) is 8.33. The first-order valence-electron chi connectivity index (χ1n) is 12.0. The normalized spacial score (nSPS) is 34.2. The van der Waals surface area contributed by atoms with Gasteiger partial charge in [0.2, 0.25) is 5.91 Å². The molecule has 3 fully saturated rings. The van der Waals surface area contributed by atoms with Crippen molar-refractivity contribution in [3.63, 3.8) is 0 Å². The number of amides is 1. The quantitative estimate of drug-likeness (QED) is 0.581. The van der Waals surface area contributed by atoms with E-state index in [1.54, 1.807) is 7.11 Å². The standard InChI is InChI=1S/C26H40N2O3/c1-24(2)16-22(27-17-18-7-5-6-8-20(18)31-4)26(12-11-23(29)28-19-9-10-19)14-13-25(3,30)15-21(24)26/h5-8,19,21-22,27,30H,9-17H2,1-4H3,(H,28,29)/t21-,22-,25+,26+/m0/s1. The molecule has 1 amide bonds. The van der Waals surface area contributed by atoms with Gasteiger partial charge in [0, 0.05) is 30.6 Å². The van der Waals surface area contributed by atoms with Gasteiger partial charge in [-0.3, -0.25) is 4.79 Å². The third-order valence-electron chi connectivity index (χ3n) is 8.33. The molecule has 0 bridgehead atoms. The molecule has 3 aliphatic carbocycles. The molecule has 3 saturated carbocycles. The first-order valence-corrected chi connectivity index (χ1v) is 12.0. The molecule has 5 heteroatoms. The Morgan fingerprint density at radius 3 is 2.61 bits per heavy atom. The Labute approximate surface area is 187 Å². The van der Waals surface area contributed by atoms with Crippen LogP contribution in [0, 0.1) is 16.7 Å². The van der Waals surface area contributed by atoms with E-state index in [4.69, 9.17) is 4.74 Å². The van der Waals surface area contributed by atoms with E-state index >= 15 is 0 Å². The highest BCUT2D eigenvalue weighted by molar-refractivity contribution is 5.76. The minimum Gasteiger partial charge on any atom is -0.496 e. The molecule has 0 aromatic heterocycles. The first-order chi connectivity index (χ1) is 14.7. The van der Waals surface area contributed by atoms with Gasteiger partial charge in [-0.15, -0.1) is 0 Å². The van der Waals surface area contributed by atoms with E-state index in [0.29, 0.717) is 24.4 Å². The average Bonchev–Trinajstić information content (AvgIpc) is 3.50. The largest absolute Gasteiger partial charge is 0.496 e. The minimum atomic E-state index is -0.612. The summed E-state index contributed by atoms with van der Waals surface area (Å²) in [5, 5.41) is 18.0. The number of benzene rings is 1. The Morgan fingerprint density at radius 2 is 1.90 bits per heavy atom. The molecule has 0 heterocycles. The number of aliphatic hydroxyl groups is 1. The number of para-hydroxylation sites is 1. The van der Waals surface area contributed by atoms with Crippen molar-refractivity contribution in [2.75, 3.05) is 7.11 Å². The van der Waals surface area contributed by atoms with Gasteiger partial charge < -0.3 is 20.5 Å². The van der Waals surface area contributed by atoms with Crippen LogP contribution in [0.5, 0.6) is 5.75 Å². The molecule has 3 aliphatic rings. The van der Waals surface area contributed by atoms with E-state index in [1.165, 1.54) is 0 Å². The number of ether oxygens (including phenoxy) is 1. The van der Waals surface area contributed by atoms with Gasteiger partial charge in [0.05, 0.1) is 12.7 Å². The number of hydrogen-bond donors (Lipinski definition) is 3. The highest BCUT2D eigenvalue weighted by Crippen LogP contribution is 2.63. The summed E-state index contributed by atoms with van der Waals surface area (Å²) in [7, 11) is 1.72. The van der Waals surface area contributed by atoms with Gasteiger partial charge in [-0.2, -0.15) is 0 Å². The van der Waals surface area contributed by atoms with Gasteiger partial charge in [0.1, 0.15) is 5.75 Å². The third kappa shape index (κ3) is 4.78. The van der Waals surface area contributed by atoms with Crippen molar-refractivity contribution in [3.05, 3.63) is 29.8 Å². The van der Waals surface area contributed by atoms with Crippen molar-refractivity contribution < 1.29 is 14.6 Å². The minimum absolute atomic E-state index is 0.0364. The highest BCUT2D eigenvalue weighted by Gasteiger charge is 2.61. The Hall–Kier alpha value is -1.59. The smallest absolute Gasteiger partial charge is 0.220 e. The second-order valence-corrected chi connectivity index (χ2v) is 11.3. The van der Waals surface area contributed by atoms with Crippen LogP contribution in [-0.2, 0) is 11.3 Å². The van der Waals surface area contributed by atoms with Crippen LogP contribution in [0.4, 0.5) is 0 Å². The van der Waals surface area contributed by atoms with E-state index in [-0.39, 0.29) is 16.7 Å². The molecular formula is C26H40N2O3. The van der Waals surface area contributed by atoms with Crippen molar-refractivity contribution in [1.29, 1.82) is 0 Å². The average molecular weight is 429 g/mol. The number of carbonyl (C=O) groups excluding carboxylic acids is 1. The predicted octanol–water partition coefficient (Wildman–Crippen LogP) is 4.18. The van der Waals surface area contributed by atoms with E-state index < -0.39 is 5.60 Å². The summed E-state index contributed by atoms with van der Waals surface area (Å²) in [4.78, 5) is 12.6. The molecule has 31 heavy (non-hydrogen) atoms. The SMILES string of the molecule is COc1ccccc1CN[C@H]1CC(C)(C)[C@@H]2C[C@](C)(O)CC[C@@]12CCC(=O)NC1CC1. The molecule has 0 unspecified atom stereocenters. The molecule has 1 aromatic carbocycles. The van der Waals surface area contributed by atoms with Crippen LogP contribution >= 0.6 is 0 Å². The van der Waals surface area contributed by atoms with E-state index in [9.17, 15) is 9.90 Å². The zero-order chi connectivity index (χ0) is 22.3. The van der Waals surface area contributed by atoms with Crippen LogP contribution < -0.4 is 15.4 Å². The molecule has 0 radical (unpaired) electrons. The van der Waals surface area contributed by atoms with Gasteiger partial charge in [-0.25, -0.2) is 0 Å². The maximum absolute atomic E-state index is 12.6. The second kappa shape index (κ2) is 8.40. The van der Waals surface area contributed by atoms with Gasteiger partial charge in [0.15, 0.2) is 0 Å². The number of fused-ring (bicyclic) bond motifs is 1. The molecule has 4 atom stereocenters. The van der Waals surface area contributed by atoms with Gasteiger partial charge in [-0.05, 0) is 74.7 Å². The number of methoxy groups -OCH3 is 1. The summed E-state index contributed by atoms with van der Waals surface area (Å²) >= 11 is 0. The lowest BCUT2D eigenvalue weighted by molar-refractivity contribution is -0.123. The molecule has 1 aromatic rings. The molecule has 0 saturated heterocycles. The van der Waals surface area contributed by atoms with Crippen molar-refractivity contribution in [3.8, 4) is 5.75 Å². The van der Waals surface area contributed by atoms with Crippen molar-refractivity contribution in [2.24, 2.45) is 16.7 Å². The van der Waals surface area contributed by atoms with Crippen molar-refractivity contribution in [2.45, 2.75) is 96.4 Å². The lowest BCUT2D eigenvalue weighted by Gasteiger charge is -2.51. The number of rotatable bonds is 8. The maximum Gasteiger partial charge on any atom is 0.220 e. The molecule has 3 N–H and O–H groups in total. The lowest BCUT2D eigenvalue weighted by Crippen LogP contribution is -2.51. The van der Waals surface area contributed by atoms with Crippen LogP contribution in [0.25, 0.3) is 0 Å². The number of hydrogen-bond acceptors (Lipinski definition) is 4. The summed E-state index contributed by atoms with van der Waals surface area (Å²) in [6.07, 6.45) is 7.36.